The molecule has 0 aliphatic rings. The fourth-order valence-corrected chi connectivity index (χ4v) is 2.49. The lowest BCUT2D eigenvalue weighted by Crippen LogP contribution is -2.43. The summed E-state index contributed by atoms with van der Waals surface area (Å²) in [6.07, 6.45) is 4.71. The molecule has 7 nitrogen and oxygen atoms in total. The summed E-state index contributed by atoms with van der Waals surface area (Å²) in [7, 11) is 0. The van der Waals surface area contributed by atoms with Crippen LogP contribution in [0.5, 0.6) is 0 Å². The highest BCUT2D eigenvalue weighted by Crippen LogP contribution is 2.07. The van der Waals surface area contributed by atoms with Gasteiger partial charge >= 0.3 is 0 Å². The Balaban J connectivity index is 0.00000392. The number of rotatable bonds is 7. The van der Waals surface area contributed by atoms with Gasteiger partial charge in [-0.1, -0.05) is 18.2 Å². The molecule has 154 valence electrons. The van der Waals surface area contributed by atoms with Gasteiger partial charge in [-0.25, -0.2) is 9.67 Å². The Hall–Kier alpha value is -2.10. The first-order valence-electron chi connectivity index (χ1n) is 9.29. The van der Waals surface area contributed by atoms with Crippen LogP contribution in [0.1, 0.15) is 33.3 Å². The van der Waals surface area contributed by atoms with E-state index in [9.17, 15) is 4.79 Å². The van der Waals surface area contributed by atoms with Gasteiger partial charge in [-0.2, -0.15) is 5.10 Å². The molecule has 2 aromatic rings. The maximum absolute atomic E-state index is 11.9. The normalized spacial score (nSPS) is 11.5. The van der Waals surface area contributed by atoms with E-state index in [1.54, 1.807) is 0 Å². The van der Waals surface area contributed by atoms with E-state index >= 15 is 0 Å². The summed E-state index contributed by atoms with van der Waals surface area (Å²) in [6.45, 7) is 9.38. The van der Waals surface area contributed by atoms with Gasteiger partial charge in [0.1, 0.15) is 6.54 Å². The molecule has 1 heterocycles. The Morgan fingerprint density at radius 2 is 1.89 bits per heavy atom. The number of benzene rings is 1. The summed E-state index contributed by atoms with van der Waals surface area (Å²) in [5, 5.41) is 13.7. The number of aliphatic imine (C=N–C) groups is 1. The molecule has 3 N–H and O–H groups in total. The maximum atomic E-state index is 11.9. The SMILES string of the molecule is CCNC(=NCC(=O)NC(C)(C)C)NCCc1cnn(-c2ccccc2)c1.I. The fraction of sp³-hybridized carbons (Fsp3) is 0.450. The lowest BCUT2D eigenvalue weighted by atomic mass is 10.1. The predicted octanol–water partition coefficient (Wildman–Crippen LogP) is 2.50. The summed E-state index contributed by atoms with van der Waals surface area (Å²) < 4.78 is 1.87. The minimum absolute atomic E-state index is 0. The van der Waals surface area contributed by atoms with Crippen molar-refractivity contribution in [1.82, 2.24) is 25.7 Å². The quantitative estimate of drug-likeness (QED) is 0.311. The summed E-state index contributed by atoms with van der Waals surface area (Å²) in [5.74, 6) is 0.542. The minimum atomic E-state index is -0.253. The van der Waals surface area contributed by atoms with Crippen LogP contribution in [0.15, 0.2) is 47.7 Å². The van der Waals surface area contributed by atoms with Gasteiger partial charge in [0.2, 0.25) is 5.91 Å². The van der Waals surface area contributed by atoms with Gasteiger partial charge in [0.05, 0.1) is 11.9 Å². The second-order valence-corrected chi connectivity index (χ2v) is 7.30. The van der Waals surface area contributed by atoms with Gasteiger partial charge in [-0.3, -0.25) is 4.79 Å². The number of para-hydroxylation sites is 1. The van der Waals surface area contributed by atoms with E-state index in [4.69, 9.17) is 0 Å². The smallest absolute Gasteiger partial charge is 0.242 e. The van der Waals surface area contributed by atoms with Crippen molar-refractivity contribution in [2.24, 2.45) is 4.99 Å². The van der Waals surface area contributed by atoms with Crippen molar-refractivity contribution in [3.63, 3.8) is 0 Å². The summed E-state index contributed by atoms with van der Waals surface area (Å²) in [5.41, 5.74) is 1.92. The van der Waals surface area contributed by atoms with Gasteiger partial charge in [0.15, 0.2) is 5.96 Å². The number of amides is 1. The third-order valence-corrected chi connectivity index (χ3v) is 3.60. The third kappa shape index (κ3) is 8.73. The van der Waals surface area contributed by atoms with Gasteiger partial charge in [-0.05, 0) is 51.8 Å². The van der Waals surface area contributed by atoms with Crippen LogP contribution in [-0.2, 0) is 11.2 Å². The van der Waals surface area contributed by atoms with Crippen LogP contribution < -0.4 is 16.0 Å². The zero-order valence-electron chi connectivity index (χ0n) is 17.0. The lowest BCUT2D eigenvalue weighted by molar-refractivity contribution is -0.121. The third-order valence-electron chi connectivity index (χ3n) is 3.60. The molecule has 0 radical (unpaired) electrons. The van der Waals surface area contributed by atoms with Crippen molar-refractivity contribution in [3.8, 4) is 5.69 Å². The number of carbonyl (C=O) groups excluding carboxylic acids is 1. The van der Waals surface area contributed by atoms with Crippen LogP contribution in [-0.4, -0.2) is 46.8 Å². The average molecular weight is 498 g/mol. The van der Waals surface area contributed by atoms with E-state index in [0.29, 0.717) is 12.5 Å². The van der Waals surface area contributed by atoms with E-state index in [2.05, 4.69) is 26.0 Å². The Morgan fingerprint density at radius 3 is 2.54 bits per heavy atom. The van der Waals surface area contributed by atoms with Crippen LogP contribution in [0, 0.1) is 0 Å². The predicted molar refractivity (Wildman–Crippen MR) is 125 cm³/mol. The Bertz CT molecular complexity index is 752. The largest absolute Gasteiger partial charge is 0.357 e. The molecule has 8 heteroatoms. The summed E-state index contributed by atoms with van der Waals surface area (Å²) >= 11 is 0. The standard InChI is InChI=1S/C20H30N6O.HI/c1-5-21-19(23-14-18(27)25-20(2,3)4)22-12-11-16-13-24-26(15-16)17-9-7-6-8-10-17;/h6-10,13,15H,5,11-12,14H2,1-4H3,(H,25,27)(H2,21,22,23);1H. The minimum Gasteiger partial charge on any atom is -0.357 e. The Labute approximate surface area is 184 Å². The molecule has 1 aromatic carbocycles. The number of nitrogens with one attached hydrogen (secondary N) is 3. The fourth-order valence-electron chi connectivity index (χ4n) is 2.49. The number of carbonyl (C=O) groups is 1. The van der Waals surface area contributed by atoms with Crippen molar-refractivity contribution in [3.05, 3.63) is 48.3 Å². The number of aromatic nitrogens is 2. The molecule has 0 fully saturated rings. The summed E-state index contributed by atoms with van der Waals surface area (Å²) in [6, 6.07) is 10.0. The van der Waals surface area contributed by atoms with Crippen LogP contribution in [0.4, 0.5) is 0 Å². The van der Waals surface area contributed by atoms with Crippen molar-refractivity contribution in [2.75, 3.05) is 19.6 Å². The van der Waals surface area contributed by atoms with Crippen molar-refractivity contribution in [2.45, 2.75) is 39.7 Å². The molecule has 0 bridgehead atoms. The van der Waals surface area contributed by atoms with Crippen LogP contribution in [0.25, 0.3) is 5.69 Å². The lowest BCUT2D eigenvalue weighted by Gasteiger charge is -2.20. The van der Waals surface area contributed by atoms with Crippen molar-refractivity contribution >= 4 is 35.8 Å². The van der Waals surface area contributed by atoms with Gasteiger partial charge in [0, 0.05) is 24.8 Å². The number of nitrogens with zero attached hydrogens (tertiary/aromatic N) is 3. The van der Waals surface area contributed by atoms with Crippen molar-refractivity contribution < 1.29 is 4.79 Å². The summed E-state index contributed by atoms with van der Waals surface area (Å²) in [4.78, 5) is 16.3. The van der Waals surface area contributed by atoms with Gasteiger partial charge in [-0.15, -0.1) is 24.0 Å². The van der Waals surface area contributed by atoms with Crippen LogP contribution >= 0.6 is 24.0 Å². The number of hydrogen-bond acceptors (Lipinski definition) is 3. The highest BCUT2D eigenvalue weighted by molar-refractivity contribution is 14.0. The Kier molecular flexibility index (Phi) is 9.98. The average Bonchev–Trinajstić information content (AvgIpc) is 3.08. The molecule has 0 atom stereocenters. The number of halogens is 1. The molecule has 1 aromatic heterocycles. The van der Waals surface area contributed by atoms with E-state index in [-0.39, 0.29) is 42.0 Å². The number of hydrogen-bond donors (Lipinski definition) is 3. The molecule has 0 saturated carbocycles. The molecular weight excluding hydrogens is 467 g/mol. The second kappa shape index (κ2) is 11.7. The molecule has 28 heavy (non-hydrogen) atoms. The van der Waals surface area contributed by atoms with E-state index in [0.717, 1.165) is 24.2 Å². The molecule has 0 aliphatic heterocycles. The molecule has 1 amide bonds. The first kappa shape index (κ1) is 23.9. The highest BCUT2D eigenvalue weighted by Gasteiger charge is 2.13. The van der Waals surface area contributed by atoms with E-state index in [1.807, 2.05) is 75.1 Å². The first-order valence-corrected chi connectivity index (χ1v) is 9.29. The molecule has 2 rings (SSSR count). The molecule has 0 saturated heterocycles. The monoisotopic (exact) mass is 498 g/mol. The number of guanidine groups is 1. The van der Waals surface area contributed by atoms with E-state index < -0.39 is 0 Å². The molecular formula is C20H31IN6O. The zero-order valence-corrected chi connectivity index (χ0v) is 19.4. The van der Waals surface area contributed by atoms with Gasteiger partial charge in [0.25, 0.3) is 0 Å². The molecule has 0 spiro atoms. The maximum Gasteiger partial charge on any atom is 0.242 e. The van der Waals surface area contributed by atoms with Crippen LogP contribution in [0.2, 0.25) is 0 Å². The van der Waals surface area contributed by atoms with Crippen molar-refractivity contribution in [1.29, 1.82) is 0 Å². The highest BCUT2D eigenvalue weighted by atomic mass is 127. The second-order valence-electron chi connectivity index (χ2n) is 7.30. The van der Waals surface area contributed by atoms with Crippen LogP contribution in [0.3, 0.4) is 0 Å². The molecule has 0 aliphatic carbocycles. The van der Waals surface area contributed by atoms with Gasteiger partial charge < -0.3 is 16.0 Å². The first-order chi connectivity index (χ1) is 12.9. The Morgan fingerprint density at radius 1 is 1.18 bits per heavy atom. The zero-order chi connectivity index (χ0) is 19.7. The topological polar surface area (TPSA) is 83.3 Å². The molecule has 0 unspecified atom stereocenters. The van der Waals surface area contributed by atoms with E-state index in [1.165, 1.54) is 0 Å².